The van der Waals surface area contributed by atoms with Crippen molar-refractivity contribution in [3.8, 4) is 0 Å². The van der Waals surface area contributed by atoms with Gasteiger partial charge in [-0.2, -0.15) is 4.36 Å². The summed E-state index contributed by atoms with van der Waals surface area (Å²) in [5, 5.41) is 11.3. The van der Waals surface area contributed by atoms with E-state index in [9.17, 15) is 23.5 Å². The van der Waals surface area contributed by atoms with Crippen molar-refractivity contribution in [3.05, 3.63) is 76.4 Å². The lowest BCUT2D eigenvalue weighted by Crippen LogP contribution is -2.27. The van der Waals surface area contributed by atoms with Gasteiger partial charge in [-0.3, -0.25) is 14.9 Å². The summed E-state index contributed by atoms with van der Waals surface area (Å²) in [6.07, 6.45) is 3.90. The Balaban J connectivity index is 1.58. The summed E-state index contributed by atoms with van der Waals surface area (Å²) in [6, 6.07) is 10.6. The number of nitro benzene ring substituents is 1. The zero-order valence-electron chi connectivity index (χ0n) is 15.9. The second-order valence-electron chi connectivity index (χ2n) is 7.07. The molecule has 1 aromatic carbocycles. The van der Waals surface area contributed by atoms with Gasteiger partial charge in [0.2, 0.25) is 0 Å². The van der Waals surface area contributed by atoms with E-state index in [1.807, 2.05) is 24.4 Å². The van der Waals surface area contributed by atoms with E-state index in [1.165, 1.54) is 6.07 Å². The van der Waals surface area contributed by atoms with E-state index < -0.39 is 26.4 Å². The average Bonchev–Trinajstić information content (AvgIpc) is 3.06. The van der Waals surface area contributed by atoms with E-state index in [0.717, 1.165) is 17.6 Å². The fourth-order valence-corrected chi connectivity index (χ4v) is 5.45. The van der Waals surface area contributed by atoms with Crippen molar-refractivity contribution in [2.75, 3.05) is 29.5 Å². The highest BCUT2D eigenvalue weighted by Crippen LogP contribution is 2.30. The molecule has 3 aromatic rings. The quantitative estimate of drug-likeness (QED) is 0.468. The summed E-state index contributed by atoms with van der Waals surface area (Å²) in [5.41, 5.74) is 1.13. The Labute approximate surface area is 172 Å². The molecule has 1 atom stereocenters. The molecule has 0 saturated carbocycles. The van der Waals surface area contributed by atoms with Crippen LogP contribution in [0.5, 0.6) is 0 Å². The molecule has 0 aliphatic carbocycles. The smallest absolute Gasteiger partial charge is 0.295 e. The number of carbonyl (C=O) groups excluding carboxylic acids is 1. The van der Waals surface area contributed by atoms with E-state index in [4.69, 9.17) is 0 Å². The highest BCUT2D eigenvalue weighted by atomic mass is 32.2. The Bertz CT molecular complexity index is 1230. The van der Waals surface area contributed by atoms with Crippen LogP contribution in [0.3, 0.4) is 0 Å². The lowest BCUT2D eigenvalue weighted by Gasteiger charge is -2.21. The number of pyridine rings is 1. The molecule has 0 radical (unpaired) electrons. The van der Waals surface area contributed by atoms with Crippen molar-refractivity contribution in [2.45, 2.75) is 6.42 Å². The third-order valence-corrected chi connectivity index (χ3v) is 7.29. The molecular formula is C20H19FN4O4S. The first-order chi connectivity index (χ1) is 14.3. The van der Waals surface area contributed by atoms with Crippen LogP contribution in [0.15, 0.2) is 59.2 Å². The van der Waals surface area contributed by atoms with Gasteiger partial charge in [-0.15, -0.1) is 0 Å². The zero-order chi connectivity index (χ0) is 21.3. The highest BCUT2D eigenvalue weighted by Gasteiger charge is 2.25. The maximum absolute atomic E-state index is 13.4. The molecule has 1 aliphatic heterocycles. The number of nitro groups is 1. The number of rotatable bonds is 3. The molecular weight excluding hydrogens is 411 g/mol. The van der Waals surface area contributed by atoms with Gasteiger partial charge in [-0.05, 0) is 36.8 Å². The summed E-state index contributed by atoms with van der Waals surface area (Å²) in [4.78, 5) is 25.0. The molecule has 1 amide bonds. The predicted molar refractivity (Wildman–Crippen MR) is 112 cm³/mol. The summed E-state index contributed by atoms with van der Waals surface area (Å²) in [5.74, 6) is -0.910. The Morgan fingerprint density at radius 3 is 2.77 bits per heavy atom. The van der Waals surface area contributed by atoms with Gasteiger partial charge >= 0.3 is 0 Å². The number of fused-ring (bicyclic) bond motifs is 1. The molecule has 0 N–H and O–H groups in total. The minimum atomic E-state index is -2.81. The maximum atomic E-state index is 13.4. The van der Waals surface area contributed by atoms with E-state index in [-0.39, 0.29) is 29.4 Å². The summed E-state index contributed by atoms with van der Waals surface area (Å²) in [7, 11) is -2.81. The number of halogens is 1. The van der Waals surface area contributed by atoms with Gasteiger partial charge in [-0.1, -0.05) is 6.07 Å². The van der Waals surface area contributed by atoms with Crippen LogP contribution in [0, 0.1) is 15.9 Å². The number of aromatic nitrogens is 1. The zero-order valence-corrected chi connectivity index (χ0v) is 16.8. The fourth-order valence-electron chi connectivity index (χ4n) is 3.57. The molecule has 156 valence electrons. The summed E-state index contributed by atoms with van der Waals surface area (Å²) in [6.45, 7) is 0.628. The topological polar surface area (TPSA) is 97.3 Å². The number of benzene rings is 1. The molecule has 8 nitrogen and oxygen atoms in total. The number of carbonyl (C=O) groups is 1. The van der Waals surface area contributed by atoms with Crippen molar-refractivity contribution in [2.24, 2.45) is 4.36 Å². The van der Waals surface area contributed by atoms with Gasteiger partial charge in [0.1, 0.15) is 11.5 Å². The lowest BCUT2D eigenvalue weighted by atomic mass is 10.2. The number of hydrogen-bond acceptors (Lipinski definition) is 5. The van der Waals surface area contributed by atoms with Gasteiger partial charge in [0, 0.05) is 42.5 Å². The Morgan fingerprint density at radius 1 is 1.17 bits per heavy atom. The van der Waals surface area contributed by atoms with Crippen LogP contribution in [0.1, 0.15) is 16.8 Å². The number of anilines is 1. The van der Waals surface area contributed by atoms with Gasteiger partial charge < -0.3 is 9.30 Å². The van der Waals surface area contributed by atoms with Crippen LogP contribution in [0.4, 0.5) is 15.8 Å². The number of nitrogens with zero attached hydrogens (tertiary/aromatic N) is 4. The van der Waals surface area contributed by atoms with E-state index >= 15 is 0 Å². The largest absolute Gasteiger partial charge is 0.365 e. The molecule has 0 bridgehead atoms. The third kappa shape index (κ3) is 4.04. The normalized spacial score (nSPS) is 19.4. The Kier molecular flexibility index (Phi) is 5.25. The molecule has 3 heterocycles. The van der Waals surface area contributed by atoms with E-state index in [0.29, 0.717) is 18.5 Å². The standard InChI is InChI=1S/C20H19FN4O4S/c21-16-5-6-18(19(13-16)25(27)28)23-8-3-10-30(29,11-9-23)22-20(26)15-12-17-4-1-2-7-24(17)14-15/h1-2,4-7,12-14H,3,8-11H2. The molecule has 10 heteroatoms. The van der Waals surface area contributed by atoms with E-state index in [2.05, 4.69) is 4.36 Å². The summed E-state index contributed by atoms with van der Waals surface area (Å²) >= 11 is 0. The first-order valence-electron chi connectivity index (χ1n) is 9.37. The molecule has 1 aliphatic rings. The average molecular weight is 430 g/mol. The summed E-state index contributed by atoms with van der Waals surface area (Å²) < 4.78 is 32.5. The highest BCUT2D eigenvalue weighted by molar-refractivity contribution is 7.93. The molecule has 1 unspecified atom stereocenters. The maximum Gasteiger partial charge on any atom is 0.295 e. The van der Waals surface area contributed by atoms with Crippen molar-refractivity contribution < 1.29 is 18.3 Å². The first kappa shape index (κ1) is 20.0. The lowest BCUT2D eigenvalue weighted by molar-refractivity contribution is -0.384. The number of amides is 1. The van der Waals surface area contributed by atoms with Crippen LogP contribution in [0.25, 0.3) is 5.52 Å². The van der Waals surface area contributed by atoms with Crippen LogP contribution in [-0.2, 0) is 9.73 Å². The first-order valence-corrected chi connectivity index (χ1v) is 11.2. The van der Waals surface area contributed by atoms with Crippen LogP contribution in [-0.4, -0.2) is 44.0 Å². The molecule has 30 heavy (non-hydrogen) atoms. The fraction of sp³-hybridized carbons (Fsp3) is 0.250. The van der Waals surface area contributed by atoms with Crippen molar-refractivity contribution in [1.29, 1.82) is 0 Å². The molecule has 0 spiro atoms. The minimum Gasteiger partial charge on any atom is -0.365 e. The SMILES string of the molecule is O=C(N=S1(=O)CCCN(c2ccc(F)cc2[N+](=O)[O-])CC1)c1cc2ccccn2c1. The minimum absolute atomic E-state index is 0.0979. The molecule has 1 saturated heterocycles. The van der Waals surface area contributed by atoms with Crippen molar-refractivity contribution in [1.82, 2.24) is 4.40 Å². The molecule has 4 rings (SSSR count). The van der Waals surface area contributed by atoms with Crippen LogP contribution in [0.2, 0.25) is 0 Å². The van der Waals surface area contributed by atoms with Crippen LogP contribution >= 0.6 is 0 Å². The van der Waals surface area contributed by atoms with Crippen molar-refractivity contribution >= 4 is 32.5 Å². The third-order valence-electron chi connectivity index (χ3n) is 5.05. The van der Waals surface area contributed by atoms with Gasteiger partial charge in [0.25, 0.3) is 11.6 Å². The second kappa shape index (κ2) is 7.86. The van der Waals surface area contributed by atoms with Crippen LogP contribution < -0.4 is 4.90 Å². The van der Waals surface area contributed by atoms with E-state index in [1.54, 1.807) is 21.6 Å². The van der Waals surface area contributed by atoms with Gasteiger partial charge in [0.15, 0.2) is 0 Å². The second-order valence-corrected chi connectivity index (χ2v) is 9.61. The van der Waals surface area contributed by atoms with Gasteiger partial charge in [-0.25, -0.2) is 8.60 Å². The predicted octanol–water partition coefficient (Wildman–Crippen LogP) is 3.51. The van der Waals surface area contributed by atoms with Gasteiger partial charge in [0.05, 0.1) is 26.3 Å². The number of hydrogen-bond donors (Lipinski definition) is 0. The Hall–Kier alpha value is -3.27. The monoisotopic (exact) mass is 430 g/mol. The molecule has 2 aromatic heterocycles. The Morgan fingerprint density at radius 2 is 2.00 bits per heavy atom. The van der Waals surface area contributed by atoms with Crippen molar-refractivity contribution in [3.63, 3.8) is 0 Å². The molecule has 1 fully saturated rings.